The van der Waals surface area contributed by atoms with Crippen LogP contribution in [0.3, 0.4) is 0 Å². The standard InChI is InChI=1S/C16H25NO2/c1-4-15(17-12(2)7-9-18-3)13-5-6-16-14(11-13)8-10-19-16/h5-6,11-12,15,17H,4,7-10H2,1-3H3. The van der Waals surface area contributed by atoms with Gasteiger partial charge in [0, 0.05) is 32.2 Å². The maximum absolute atomic E-state index is 5.56. The van der Waals surface area contributed by atoms with Crippen LogP contribution in [0.1, 0.15) is 43.9 Å². The summed E-state index contributed by atoms with van der Waals surface area (Å²) in [5.74, 6) is 1.06. The van der Waals surface area contributed by atoms with Gasteiger partial charge in [0.25, 0.3) is 0 Å². The predicted octanol–water partition coefficient (Wildman–Crippen LogP) is 3.09. The number of methoxy groups -OCH3 is 1. The van der Waals surface area contributed by atoms with Gasteiger partial charge < -0.3 is 14.8 Å². The van der Waals surface area contributed by atoms with Crippen molar-refractivity contribution in [1.82, 2.24) is 5.32 Å². The van der Waals surface area contributed by atoms with Crippen molar-refractivity contribution in [1.29, 1.82) is 0 Å². The first kappa shape index (κ1) is 14.4. The Balaban J connectivity index is 2.00. The number of benzene rings is 1. The number of nitrogens with one attached hydrogen (secondary N) is 1. The third kappa shape index (κ3) is 3.71. The van der Waals surface area contributed by atoms with Crippen LogP contribution >= 0.6 is 0 Å². The predicted molar refractivity (Wildman–Crippen MR) is 77.8 cm³/mol. The summed E-state index contributed by atoms with van der Waals surface area (Å²) in [6.45, 7) is 6.08. The molecule has 0 saturated carbocycles. The highest BCUT2D eigenvalue weighted by atomic mass is 16.5. The molecule has 2 unspecified atom stereocenters. The molecule has 1 N–H and O–H groups in total. The van der Waals surface area contributed by atoms with E-state index in [-0.39, 0.29) is 0 Å². The highest BCUT2D eigenvalue weighted by molar-refractivity contribution is 5.40. The fourth-order valence-corrected chi connectivity index (χ4v) is 2.59. The van der Waals surface area contributed by atoms with Gasteiger partial charge in [0.2, 0.25) is 0 Å². The zero-order valence-corrected chi connectivity index (χ0v) is 12.2. The number of rotatable bonds is 7. The van der Waals surface area contributed by atoms with Gasteiger partial charge in [0.05, 0.1) is 6.61 Å². The monoisotopic (exact) mass is 263 g/mol. The van der Waals surface area contributed by atoms with Crippen LogP contribution in [-0.4, -0.2) is 26.4 Å². The molecular weight excluding hydrogens is 238 g/mol. The van der Waals surface area contributed by atoms with E-state index in [1.807, 2.05) is 0 Å². The van der Waals surface area contributed by atoms with Crippen LogP contribution in [0.25, 0.3) is 0 Å². The molecule has 0 aromatic heterocycles. The third-order valence-electron chi connectivity index (χ3n) is 3.76. The molecule has 1 heterocycles. The Labute approximate surface area is 116 Å². The molecule has 1 aliphatic heterocycles. The average molecular weight is 263 g/mol. The molecule has 0 amide bonds. The Morgan fingerprint density at radius 1 is 1.42 bits per heavy atom. The van der Waals surface area contributed by atoms with Gasteiger partial charge in [-0.05, 0) is 37.0 Å². The first-order chi connectivity index (χ1) is 9.24. The van der Waals surface area contributed by atoms with Crippen molar-refractivity contribution in [3.8, 4) is 5.75 Å². The van der Waals surface area contributed by atoms with Crippen molar-refractivity contribution in [2.24, 2.45) is 0 Å². The number of fused-ring (bicyclic) bond motifs is 1. The normalized spacial score (nSPS) is 16.8. The summed E-state index contributed by atoms with van der Waals surface area (Å²) in [6, 6.07) is 7.48. The Morgan fingerprint density at radius 3 is 3.00 bits per heavy atom. The SMILES string of the molecule is CCC(NC(C)CCOC)c1ccc2c(c1)CCO2. The minimum atomic E-state index is 0.415. The van der Waals surface area contributed by atoms with Gasteiger partial charge in [-0.1, -0.05) is 19.1 Å². The first-order valence-corrected chi connectivity index (χ1v) is 7.25. The Hall–Kier alpha value is -1.06. The second-order valence-corrected chi connectivity index (χ2v) is 5.28. The van der Waals surface area contributed by atoms with Crippen LogP contribution in [0.2, 0.25) is 0 Å². The molecule has 2 atom stereocenters. The summed E-state index contributed by atoms with van der Waals surface area (Å²) >= 11 is 0. The lowest BCUT2D eigenvalue weighted by Gasteiger charge is -2.23. The number of hydrogen-bond donors (Lipinski definition) is 1. The van der Waals surface area contributed by atoms with E-state index >= 15 is 0 Å². The molecule has 0 bridgehead atoms. The van der Waals surface area contributed by atoms with Crippen molar-refractivity contribution >= 4 is 0 Å². The summed E-state index contributed by atoms with van der Waals surface area (Å²) in [5.41, 5.74) is 2.72. The second kappa shape index (κ2) is 6.92. The maximum Gasteiger partial charge on any atom is 0.122 e. The molecule has 1 aromatic rings. The maximum atomic E-state index is 5.56. The fourth-order valence-electron chi connectivity index (χ4n) is 2.59. The Kier molecular flexibility index (Phi) is 5.23. The second-order valence-electron chi connectivity index (χ2n) is 5.28. The van der Waals surface area contributed by atoms with Crippen molar-refractivity contribution in [3.63, 3.8) is 0 Å². The molecule has 0 fully saturated rings. The van der Waals surface area contributed by atoms with Crippen molar-refractivity contribution in [2.75, 3.05) is 20.3 Å². The van der Waals surface area contributed by atoms with Gasteiger partial charge >= 0.3 is 0 Å². The molecule has 0 radical (unpaired) electrons. The smallest absolute Gasteiger partial charge is 0.122 e. The van der Waals surface area contributed by atoms with E-state index in [0.717, 1.165) is 38.2 Å². The van der Waals surface area contributed by atoms with E-state index in [0.29, 0.717) is 12.1 Å². The topological polar surface area (TPSA) is 30.5 Å². The molecule has 19 heavy (non-hydrogen) atoms. The molecular formula is C16H25NO2. The van der Waals surface area contributed by atoms with E-state index < -0.39 is 0 Å². The van der Waals surface area contributed by atoms with Crippen LogP contribution in [0.4, 0.5) is 0 Å². The Morgan fingerprint density at radius 2 is 2.26 bits per heavy atom. The molecule has 3 nitrogen and oxygen atoms in total. The van der Waals surface area contributed by atoms with Gasteiger partial charge in [-0.2, -0.15) is 0 Å². The summed E-state index contributed by atoms with van der Waals surface area (Å²) in [5, 5.41) is 3.69. The lowest BCUT2D eigenvalue weighted by atomic mass is 9.99. The molecule has 0 aliphatic carbocycles. The zero-order valence-electron chi connectivity index (χ0n) is 12.2. The zero-order chi connectivity index (χ0) is 13.7. The minimum absolute atomic E-state index is 0.415. The molecule has 1 aliphatic rings. The van der Waals surface area contributed by atoms with Crippen LogP contribution in [-0.2, 0) is 11.2 Å². The molecule has 106 valence electrons. The minimum Gasteiger partial charge on any atom is -0.493 e. The van der Waals surface area contributed by atoms with E-state index in [1.165, 1.54) is 11.1 Å². The average Bonchev–Trinajstić information content (AvgIpc) is 2.89. The molecule has 3 heteroatoms. The largest absolute Gasteiger partial charge is 0.493 e. The lowest BCUT2D eigenvalue weighted by Crippen LogP contribution is -2.31. The molecule has 1 aromatic carbocycles. The fraction of sp³-hybridized carbons (Fsp3) is 0.625. The van der Waals surface area contributed by atoms with E-state index in [9.17, 15) is 0 Å². The molecule has 2 rings (SSSR count). The number of ether oxygens (including phenoxy) is 2. The van der Waals surface area contributed by atoms with Crippen molar-refractivity contribution in [3.05, 3.63) is 29.3 Å². The van der Waals surface area contributed by atoms with Gasteiger partial charge in [0.15, 0.2) is 0 Å². The van der Waals surface area contributed by atoms with Gasteiger partial charge in [0.1, 0.15) is 5.75 Å². The van der Waals surface area contributed by atoms with Gasteiger partial charge in [-0.15, -0.1) is 0 Å². The molecule has 0 spiro atoms. The van der Waals surface area contributed by atoms with Crippen molar-refractivity contribution in [2.45, 2.75) is 45.2 Å². The van der Waals surface area contributed by atoms with Crippen molar-refractivity contribution < 1.29 is 9.47 Å². The summed E-state index contributed by atoms with van der Waals surface area (Å²) in [6.07, 6.45) is 3.18. The summed E-state index contributed by atoms with van der Waals surface area (Å²) in [7, 11) is 1.75. The summed E-state index contributed by atoms with van der Waals surface area (Å²) in [4.78, 5) is 0. The highest BCUT2D eigenvalue weighted by Crippen LogP contribution is 2.29. The highest BCUT2D eigenvalue weighted by Gasteiger charge is 2.17. The molecule has 0 saturated heterocycles. The first-order valence-electron chi connectivity index (χ1n) is 7.25. The van der Waals surface area contributed by atoms with E-state index in [4.69, 9.17) is 9.47 Å². The van der Waals surface area contributed by atoms with Crippen LogP contribution in [0, 0.1) is 0 Å². The van der Waals surface area contributed by atoms with Crippen LogP contribution in [0.15, 0.2) is 18.2 Å². The number of hydrogen-bond acceptors (Lipinski definition) is 3. The van der Waals surface area contributed by atoms with Gasteiger partial charge in [-0.3, -0.25) is 0 Å². The Bertz CT molecular complexity index is 406. The van der Waals surface area contributed by atoms with Gasteiger partial charge in [-0.25, -0.2) is 0 Å². The van der Waals surface area contributed by atoms with Crippen LogP contribution < -0.4 is 10.1 Å². The van der Waals surface area contributed by atoms with Crippen LogP contribution in [0.5, 0.6) is 5.75 Å². The lowest BCUT2D eigenvalue weighted by molar-refractivity contribution is 0.182. The summed E-state index contributed by atoms with van der Waals surface area (Å²) < 4.78 is 10.7. The van der Waals surface area contributed by atoms with E-state index in [2.05, 4.69) is 37.4 Å². The quantitative estimate of drug-likeness (QED) is 0.820. The van der Waals surface area contributed by atoms with E-state index in [1.54, 1.807) is 7.11 Å². The third-order valence-corrected chi connectivity index (χ3v) is 3.76.